The highest BCUT2D eigenvalue weighted by atomic mass is 16.5. The molecule has 19 heavy (non-hydrogen) atoms. The van der Waals surface area contributed by atoms with Crippen LogP contribution in [0.5, 0.6) is 0 Å². The second kappa shape index (κ2) is 4.64. The number of esters is 1. The van der Waals surface area contributed by atoms with Crippen LogP contribution in [0.2, 0.25) is 0 Å². The maximum Gasteiger partial charge on any atom is 0.341 e. The summed E-state index contributed by atoms with van der Waals surface area (Å²) in [6, 6.07) is 1.95. The Kier molecular flexibility index (Phi) is 3.30. The Hall–Kier alpha value is -1.91. The third-order valence-corrected chi connectivity index (χ3v) is 2.99. The van der Waals surface area contributed by atoms with Gasteiger partial charge in [-0.05, 0) is 13.8 Å². The molecule has 0 aromatic carbocycles. The summed E-state index contributed by atoms with van der Waals surface area (Å²) in [6.07, 6.45) is 1.55. The van der Waals surface area contributed by atoms with Crippen molar-refractivity contribution in [2.75, 3.05) is 6.61 Å². The van der Waals surface area contributed by atoms with Gasteiger partial charge in [-0.15, -0.1) is 0 Å². The number of rotatable bonds is 2. The fraction of sp³-hybridized carbons (Fsp3) is 0.500. The number of carbonyl (C=O) groups excluding carboxylic acids is 1. The van der Waals surface area contributed by atoms with Gasteiger partial charge in [0.25, 0.3) is 0 Å². The quantitative estimate of drug-likeness (QED) is 0.779. The van der Waals surface area contributed by atoms with Crippen molar-refractivity contribution in [3.8, 4) is 0 Å². The number of nitrogens with zero attached hydrogens (tertiary/aromatic N) is 3. The van der Waals surface area contributed by atoms with Crippen molar-refractivity contribution in [1.82, 2.24) is 14.6 Å². The molecule has 0 aliphatic heterocycles. The minimum Gasteiger partial charge on any atom is -0.462 e. The van der Waals surface area contributed by atoms with Gasteiger partial charge in [-0.1, -0.05) is 20.8 Å². The number of carbonyl (C=O) groups is 1. The molecule has 102 valence electrons. The molecule has 0 unspecified atom stereocenters. The SMILES string of the molecule is CCOC(=O)c1cnc2cc(C(C)(C)C)nn2c1C. The summed E-state index contributed by atoms with van der Waals surface area (Å²) in [4.78, 5) is 16.1. The van der Waals surface area contributed by atoms with E-state index in [9.17, 15) is 4.79 Å². The lowest BCUT2D eigenvalue weighted by Crippen LogP contribution is -2.13. The minimum atomic E-state index is -0.359. The van der Waals surface area contributed by atoms with Crippen molar-refractivity contribution in [2.45, 2.75) is 40.0 Å². The molecule has 5 nitrogen and oxygen atoms in total. The monoisotopic (exact) mass is 261 g/mol. The first-order valence-corrected chi connectivity index (χ1v) is 6.37. The normalized spacial score (nSPS) is 11.8. The van der Waals surface area contributed by atoms with Crippen molar-refractivity contribution in [2.24, 2.45) is 0 Å². The van der Waals surface area contributed by atoms with Crippen LogP contribution >= 0.6 is 0 Å². The molecule has 2 rings (SSSR count). The van der Waals surface area contributed by atoms with Crippen LogP contribution in [-0.4, -0.2) is 27.2 Å². The largest absolute Gasteiger partial charge is 0.462 e. The first kappa shape index (κ1) is 13.5. The Morgan fingerprint density at radius 1 is 1.42 bits per heavy atom. The van der Waals surface area contributed by atoms with Gasteiger partial charge in [-0.3, -0.25) is 0 Å². The zero-order valence-electron chi connectivity index (χ0n) is 12.0. The topological polar surface area (TPSA) is 56.5 Å². The number of aryl methyl sites for hydroxylation is 1. The van der Waals surface area contributed by atoms with E-state index in [1.165, 1.54) is 0 Å². The zero-order valence-corrected chi connectivity index (χ0v) is 12.0. The van der Waals surface area contributed by atoms with Crippen molar-refractivity contribution in [3.05, 3.63) is 29.2 Å². The van der Waals surface area contributed by atoms with Gasteiger partial charge in [0.1, 0.15) is 0 Å². The highest BCUT2D eigenvalue weighted by Crippen LogP contribution is 2.22. The average molecular weight is 261 g/mol. The van der Waals surface area contributed by atoms with E-state index in [4.69, 9.17) is 4.74 Å². The van der Waals surface area contributed by atoms with E-state index < -0.39 is 0 Å². The van der Waals surface area contributed by atoms with E-state index in [1.807, 2.05) is 13.0 Å². The molecule has 0 atom stereocenters. The van der Waals surface area contributed by atoms with Crippen LogP contribution in [0.25, 0.3) is 5.65 Å². The van der Waals surface area contributed by atoms with Crippen LogP contribution < -0.4 is 0 Å². The zero-order chi connectivity index (χ0) is 14.2. The standard InChI is InChI=1S/C14H19N3O2/c1-6-19-13(18)10-8-15-12-7-11(14(3,4)5)16-17(12)9(10)2/h7-8H,6H2,1-5H3. The molecule has 0 bridgehead atoms. The van der Waals surface area contributed by atoms with Crippen LogP contribution in [0.4, 0.5) is 0 Å². The third-order valence-electron chi connectivity index (χ3n) is 2.99. The predicted molar refractivity (Wildman–Crippen MR) is 72.4 cm³/mol. The van der Waals surface area contributed by atoms with Crippen molar-refractivity contribution in [1.29, 1.82) is 0 Å². The summed E-state index contributed by atoms with van der Waals surface area (Å²) in [7, 11) is 0. The number of aromatic nitrogens is 3. The Bertz CT molecular complexity index is 623. The summed E-state index contributed by atoms with van der Waals surface area (Å²) in [5, 5.41) is 4.53. The summed E-state index contributed by atoms with van der Waals surface area (Å²) >= 11 is 0. The third kappa shape index (κ3) is 2.45. The molecule has 0 spiro atoms. The molecule has 2 aromatic heterocycles. The van der Waals surface area contributed by atoms with Crippen LogP contribution in [0, 0.1) is 6.92 Å². The second-order valence-electron chi connectivity index (χ2n) is 5.53. The fourth-order valence-electron chi connectivity index (χ4n) is 1.82. The Labute approximate surface area is 112 Å². The second-order valence-corrected chi connectivity index (χ2v) is 5.53. The highest BCUT2D eigenvalue weighted by molar-refractivity contribution is 5.90. The molecule has 0 N–H and O–H groups in total. The molecule has 0 saturated carbocycles. The fourth-order valence-corrected chi connectivity index (χ4v) is 1.82. The van der Waals surface area contributed by atoms with Crippen molar-refractivity contribution >= 4 is 11.6 Å². The van der Waals surface area contributed by atoms with Gasteiger partial charge in [-0.25, -0.2) is 14.3 Å². The lowest BCUT2D eigenvalue weighted by atomic mass is 9.93. The van der Waals surface area contributed by atoms with Crippen LogP contribution in [0.15, 0.2) is 12.3 Å². The van der Waals surface area contributed by atoms with E-state index >= 15 is 0 Å². The van der Waals surface area contributed by atoms with Gasteiger partial charge >= 0.3 is 5.97 Å². The summed E-state index contributed by atoms with van der Waals surface area (Å²) < 4.78 is 6.71. The number of fused-ring (bicyclic) bond motifs is 1. The Morgan fingerprint density at radius 2 is 2.11 bits per heavy atom. The first-order chi connectivity index (χ1) is 8.84. The molecule has 0 fully saturated rings. The summed E-state index contributed by atoms with van der Waals surface area (Å²) in [5.74, 6) is -0.359. The van der Waals surface area contributed by atoms with Gasteiger partial charge < -0.3 is 4.74 Å². The molecule has 0 aliphatic carbocycles. The van der Waals surface area contributed by atoms with E-state index in [0.29, 0.717) is 12.2 Å². The van der Waals surface area contributed by atoms with Gasteiger partial charge in [0.2, 0.25) is 0 Å². The molecule has 0 saturated heterocycles. The van der Waals surface area contributed by atoms with E-state index in [2.05, 4.69) is 30.9 Å². The van der Waals surface area contributed by atoms with E-state index in [0.717, 1.165) is 17.0 Å². The average Bonchev–Trinajstić information content (AvgIpc) is 2.74. The summed E-state index contributed by atoms with van der Waals surface area (Å²) in [5.41, 5.74) is 2.85. The molecule has 0 radical (unpaired) electrons. The van der Waals surface area contributed by atoms with E-state index in [-0.39, 0.29) is 11.4 Å². The van der Waals surface area contributed by atoms with Crippen LogP contribution in [-0.2, 0) is 10.2 Å². The molecule has 2 aromatic rings. The van der Waals surface area contributed by atoms with Crippen LogP contribution in [0.3, 0.4) is 0 Å². The maximum absolute atomic E-state index is 11.8. The van der Waals surface area contributed by atoms with Gasteiger partial charge in [-0.2, -0.15) is 5.10 Å². The number of hydrogen-bond donors (Lipinski definition) is 0. The minimum absolute atomic E-state index is 0.0514. The van der Waals surface area contributed by atoms with Crippen molar-refractivity contribution in [3.63, 3.8) is 0 Å². The molecule has 0 amide bonds. The van der Waals surface area contributed by atoms with E-state index in [1.54, 1.807) is 17.6 Å². The van der Waals surface area contributed by atoms with Gasteiger partial charge in [0.15, 0.2) is 5.65 Å². The smallest absolute Gasteiger partial charge is 0.341 e. The Balaban J connectivity index is 2.56. The van der Waals surface area contributed by atoms with Gasteiger partial charge in [0.05, 0.1) is 23.6 Å². The maximum atomic E-state index is 11.8. The first-order valence-electron chi connectivity index (χ1n) is 6.37. The highest BCUT2D eigenvalue weighted by Gasteiger charge is 2.20. The lowest BCUT2D eigenvalue weighted by Gasteiger charge is -2.13. The van der Waals surface area contributed by atoms with Crippen LogP contribution in [0.1, 0.15) is 49.4 Å². The molecular formula is C14H19N3O2. The van der Waals surface area contributed by atoms with Crippen molar-refractivity contribution < 1.29 is 9.53 Å². The molecular weight excluding hydrogens is 242 g/mol. The number of hydrogen-bond acceptors (Lipinski definition) is 4. The molecule has 5 heteroatoms. The number of ether oxygens (including phenoxy) is 1. The summed E-state index contributed by atoms with van der Waals surface area (Å²) in [6.45, 7) is 10.3. The Morgan fingerprint density at radius 3 is 2.68 bits per heavy atom. The van der Waals surface area contributed by atoms with Gasteiger partial charge in [0, 0.05) is 17.7 Å². The lowest BCUT2D eigenvalue weighted by molar-refractivity contribution is 0.0524. The molecule has 2 heterocycles. The predicted octanol–water partition coefficient (Wildman–Crippen LogP) is 2.51. The molecule has 0 aliphatic rings.